The number of carbonyl (C=O) groups excluding carboxylic acids is 2. The van der Waals surface area contributed by atoms with Crippen molar-refractivity contribution in [2.75, 3.05) is 18.1 Å². The van der Waals surface area contributed by atoms with Gasteiger partial charge in [-0.25, -0.2) is 0 Å². The Kier molecular flexibility index (Phi) is 9.08. The van der Waals surface area contributed by atoms with Crippen LogP contribution in [0, 0.1) is 0 Å². The zero-order valence-corrected chi connectivity index (χ0v) is 22.1. The average Bonchev–Trinajstić information content (AvgIpc) is 3.25. The third-order valence-electron chi connectivity index (χ3n) is 5.56. The van der Waals surface area contributed by atoms with Crippen molar-refractivity contribution in [2.24, 2.45) is 4.99 Å². The molecular weight excluding hydrogens is 531 g/mol. The Hall–Kier alpha value is -3.93. The first-order valence-corrected chi connectivity index (χ1v) is 14.0. The number of rotatable bonds is 13. The number of para-hydroxylation sites is 1. The number of Topliss-reactive ketones (excluding diaryl/α,β-unsaturated/α-hetero) is 1. The molecule has 188 valence electrons. The standard InChI is InChI=1S/C30H28N2O4Se/c1-3-17-35-27-16-15-22(20-28(27)36-18-4-2)19-25-29(34)32(24-13-9-6-10-14-24)30(31-25)37-21-26(33)23-11-7-5-8-12-23/h3-16,20,25H,1-2,17-19,21H2. The Morgan fingerprint density at radius 2 is 1.57 bits per heavy atom. The molecular formula is C30H28N2O4Se. The predicted molar refractivity (Wildman–Crippen MR) is 148 cm³/mol. The van der Waals surface area contributed by atoms with Crippen molar-refractivity contribution < 1.29 is 19.1 Å². The maximum absolute atomic E-state index is 13.6. The van der Waals surface area contributed by atoms with Gasteiger partial charge in [0.15, 0.2) is 0 Å². The molecule has 0 N–H and O–H groups in total. The van der Waals surface area contributed by atoms with Gasteiger partial charge in [0.1, 0.15) is 0 Å². The first-order valence-electron chi connectivity index (χ1n) is 11.9. The van der Waals surface area contributed by atoms with E-state index >= 15 is 0 Å². The van der Waals surface area contributed by atoms with E-state index in [4.69, 9.17) is 14.5 Å². The molecule has 0 aromatic heterocycles. The van der Waals surface area contributed by atoms with E-state index in [2.05, 4.69) is 13.2 Å². The SMILES string of the molecule is C=CCOc1ccc(CC2N=C([Se]CC(=O)c3ccccc3)N(c3ccccc3)C2=O)cc1OCC=C. The molecule has 3 aromatic carbocycles. The molecule has 0 saturated carbocycles. The summed E-state index contributed by atoms with van der Waals surface area (Å²) in [6, 6.07) is 23.7. The van der Waals surface area contributed by atoms with Crippen LogP contribution >= 0.6 is 0 Å². The van der Waals surface area contributed by atoms with Crippen molar-refractivity contribution in [1.29, 1.82) is 0 Å². The van der Waals surface area contributed by atoms with E-state index < -0.39 is 6.04 Å². The van der Waals surface area contributed by atoms with Crippen LogP contribution in [0.3, 0.4) is 0 Å². The van der Waals surface area contributed by atoms with E-state index in [0.717, 1.165) is 11.3 Å². The summed E-state index contributed by atoms with van der Waals surface area (Å²) >= 11 is -0.312. The molecule has 1 aliphatic rings. The van der Waals surface area contributed by atoms with Crippen LogP contribution in [0.5, 0.6) is 11.5 Å². The normalized spacial score (nSPS) is 14.7. The van der Waals surface area contributed by atoms with Crippen LogP contribution in [0.1, 0.15) is 15.9 Å². The molecule has 37 heavy (non-hydrogen) atoms. The summed E-state index contributed by atoms with van der Waals surface area (Å²) in [4.78, 5) is 32.8. The summed E-state index contributed by atoms with van der Waals surface area (Å²) in [5.74, 6) is 1.12. The van der Waals surface area contributed by atoms with Crippen molar-refractivity contribution in [3.8, 4) is 11.5 Å². The van der Waals surface area contributed by atoms with Gasteiger partial charge in [0.05, 0.1) is 0 Å². The van der Waals surface area contributed by atoms with Gasteiger partial charge in [0.25, 0.3) is 0 Å². The number of amidine groups is 1. The fraction of sp³-hybridized carbons (Fsp3) is 0.167. The number of aliphatic imine (C=N–C) groups is 1. The number of carbonyl (C=O) groups is 2. The summed E-state index contributed by atoms with van der Waals surface area (Å²) in [5.41, 5.74) is 2.32. The molecule has 1 aliphatic heterocycles. The fourth-order valence-corrected chi connectivity index (χ4v) is 5.81. The molecule has 0 fully saturated rings. The quantitative estimate of drug-likeness (QED) is 0.165. The molecule has 0 spiro atoms. The second-order valence-electron chi connectivity index (χ2n) is 8.20. The Balaban J connectivity index is 1.56. The van der Waals surface area contributed by atoms with E-state index in [9.17, 15) is 9.59 Å². The fourth-order valence-electron chi connectivity index (χ4n) is 3.81. The summed E-state index contributed by atoms with van der Waals surface area (Å²) < 4.78 is 12.2. The van der Waals surface area contributed by atoms with Crippen molar-refractivity contribution in [3.63, 3.8) is 0 Å². The molecule has 3 aromatic rings. The molecule has 1 unspecified atom stereocenters. The van der Waals surface area contributed by atoms with Crippen molar-refractivity contribution >= 4 is 37.1 Å². The van der Waals surface area contributed by atoms with Crippen LogP contribution in [0.4, 0.5) is 5.69 Å². The van der Waals surface area contributed by atoms with E-state index in [-0.39, 0.29) is 26.6 Å². The van der Waals surface area contributed by atoms with Gasteiger partial charge >= 0.3 is 224 Å². The minimum absolute atomic E-state index is 0.0475. The Labute approximate surface area is 223 Å². The topological polar surface area (TPSA) is 68.2 Å². The second-order valence-corrected chi connectivity index (χ2v) is 10.2. The van der Waals surface area contributed by atoms with E-state index in [1.54, 1.807) is 17.1 Å². The summed E-state index contributed by atoms with van der Waals surface area (Å²) in [6.07, 6.45) is 3.74. The van der Waals surface area contributed by atoms with Gasteiger partial charge in [-0.15, -0.1) is 0 Å². The molecule has 0 radical (unpaired) electrons. The Morgan fingerprint density at radius 3 is 2.24 bits per heavy atom. The van der Waals surface area contributed by atoms with Gasteiger partial charge in [-0.05, 0) is 0 Å². The van der Waals surface area contributed by atoms with Crippen LogP contribution in [0.15, 0.2) is 109 Å². The summed E-state index contributed by atoms with van der Waals surface area (Å²) in [6.45, 7) is 8.08. The summed E-state index contributed by atoms with van der Waals surface area (Å²) in [5, 5.41) is 0.327. The predicted octanol–water partition coefficient (Wildman–Crippen LogP) is 5.14. The van der Waals surface area contributed by atoms with Crippen molar-refractivity contribution in [2.45, 2.75) is 17.8 Å². The molecule has 7 heteroatoms. The van der Waals surface area contributed by atoms with Crippen LogP contribution < -0.4 is 14.4 Å². The summed E-state index contributed by atoms with van der Waals surface area (Å²) in [7, 11) is 0. The number of nitrogens with zero attached hydrogens (tertiary/aromatic N) is 2. The molecule has 1 heterocycles. The molecule has 0 aliphatic carbocycles. The minimum atomic E-state index is -0.587. The maximum atomic E-state index is 13.6. The Morgan fingerprint density at radius 1 is 0.919 bits per heavy atom. The third-order valence-corrected chi connectivity index (χ3v) is 7.55. The molecule has 1 atom stereocenters. The van der Waals surface area contributed by atoms with Crippen molar-refractivity contribution in [1.82, 2.24) is 0 Å². The number of hydrogen-bond acceptors (Lipinski definition) is 5. The Bertz CT molecular complexity index is 1290. The molecule has 6 nitrogen and oxygen atoms in total. The van der Waals surface area contributed by atoms with Gasteiger partial charge in [0.2, 0.25) is 0 Å². The zero-order chi connectivity index (χ0) is 26.0. The van der Waals surface area contributed by atoms with Gasteiger partial charge < -0.3 is 0 Å². The van der Waals surface area contributed by atoms with Gasteiger partial charge in [0, 0.05) is 0 Å². The second kappa shape index (κ2) is 12.9. The van der Waals surface area contributed by atoms with E-state index in [1.165, 1.54) is 0 Å². The third kappa shape index (κ3) is 6.64. The number of ketones is 1. The first-order chi connectivity index (χ1) is 18.1. The van der Waals surface area contributed by atoms with Crippen LogP contribution in [0.25, 0.3) is 0 Å². The zero-order valence-electron chi connectivity index (χ0n) is 20.4. The molecule has 1 amide bonds. The van der Waals surface area contributed by atoms with Gasteiger partial charge in [-0.3, -0.25) is 0 Å². The van der Waals surface area contributed by atoms with Crippen LogP contribution in [-0.2, 0) is 11.2 Å². The van der Waals surface area contributed by atoms with E-state index in [1.807, 2.05) is 78.9 Å². The van der Waals surface area contributed by atoms with Gasteiger partial charge in [-0.1, -0.05) is 0 Å². The van der Waals surface area contributed by atoms with Crippen LogP contribution in [-0.4, -0.2) is 50.6 Å². The number of amides is 1. The van der Waals surface area contributed by atoms with Crippen molar-refractivity contribution in [3.05, 3.63) is 115 Å². The monoisotopic (exact) mass is 560 g/mol. The number of benzene rings is 3. The number of anilines is 1. The van der Waals surface area contributed by atoms with Gasteiger partial charge in [-0.2, -0.15) is 0 Å². The molecule has 0 saturated heterocycles. The first kappa shape index (κ1) is 26.1. The number of hydrogen-bond donors (Lipinski definition) is 0. The molecule has 4 rings (SSSR count). The molecule has 0 bridgehead atoms. The van der Waals surface area contributed by atoms with E-state index in [0.29, 0.717) is 46.8 Å². The van der Waals surface area contributed by atoms with Crippen LogP contribution in [0.2, 0.25) is 5.32 Å². The average molecular weight is 560 g/mol. The number of ether oxygens (including phenoxy) is 2.